The topological polar surface area (TPSA) is 87.5 Å². The predicted molar refractivity (Wildman–Crippen MR) is 141 cm³/mol. The lowest BCUT2D eigenvalue weighted by Crippen LogP contribution is -2.29. The van der Waals surface area contributed by atoms with Gasteiger partial charge >= 0.3 is 5.97 Å². The molecule has 0 bridgehead atoms. The average molecular weight is 549 g/mol. The van der Waals surface area contributed by atoms with Crippen LogP contribution in [0.15, 0.2) is 52.8 Å². The van der Waals surface area contributed by atoms with E-state index in [1.165, 1.54) is 7.11 Å². The molecule has 0 radical (unpaired) electrons. The first-order valence-corrected chi connectivity index (χ1v) is 13.0. The number of anilines is 1. The Bertz CT molecular complexity index is 1310. The molecule has 0 spiro atoms. The minimum absolute atomic E-state index is 0.233. The zero-order valence-corrected chi connectivity index (χ0v) is 22.6. The van der Waals surface area contributed by atoms with Crippen molar-refractivity contribution in [3.05, 3.63) is 68.8 Å². The summed E-state index contributed by atoms with van der Waals surface area (Å²) in [5.74, 6) is 2.02. The van der Waals surface area contributed by atoms with Crippen molar-refractivity contribution in [2.24, 2.45) is 0 Å². The van der Waals surface area contributed by atoms with Gasteiger partial charge in [-0.25, -0.2) is 9.48 Å². The van der Waals surface area contributed by atoms with Crippen LogP contribution in [-0.2, 0) is 16.1 Å². The van der Waals surface area contributed by atoms with E-state index in [0.717, 1.165) is 23.3 Å². The van der Waals surface area contributed by atoms with Gasteiger partial charge in [-0.3, -0.25) is 0 Å². The molecule has 8 nitrogen and oxygen atoms in total. The number of hydrogen-bond donors (Lipinski definition) is 1. The van der Waals surface area contributed by atoms with Crippen LogP contribution >= 0.6 is 35.0 Å². The van der Waals surface area contributed by atoms with Crippen molar-refractivity contribution in [3.8, 4) is 11.5 Å². The molecule has 0 amide bonds. The van der Waals surface area contributed by atoms with E-state index < -0.39 is 12.0 Å². The minimum Gasteiger partial charge on any atom is -0.493 e. The number of ether oxygens (including phenoxy) is 3. The van der Waals surface area contributed by atoms with Gasteiger partial charge in [-0.1, -0.05) is 54.0 Å². The first kappa shape index (κ1) is 26.2. The molecule has 1 atom stereocenters. The SMILES string of the molecule is CCCSc1nc2n(n1)C(c1ccc(OCc3ccc(Cl)cc3Cl)c(OC)c1)C(C(=O)OC)=C(C)N2. The van der Waals surface area contributed by atoms with Crippen LogP contribution in [0.2, 0.25) is 10.0 Å². The molecule has 1 unspecified atom stereocenters. The Morgan fingerprint density at radius 2 is 1.97 bits per heavy atom. The molecule has 1 aliphatic rings. The lowest BCUT2D eigenvalue weighted by molar-refractivity contribution is -0.136. The zero-order chi connectivity index (χ0) is 25.8. The number of thioether (sulfide) groups is 1. The van der Waals surface area contributed by atoms with E-state index in [9.17, 15) is 4.79 Å². The quantitative estimate of drug-likeness (QED) is 0.252. The molecule has 0 saturated heterocycles. The number of allylic oxidation sites excluding steroid dienone is 1. The summed E-state index contributed by atoms with van der Waals surface area (Å²) in [7, 11) is 2.92. The number of halogens is 2. The number of rotatable bonds is 9. The Kier molecular flexibility index (Phi) is 8.33. The number of carbonyl (C=O) groups excluding carboxylic acids is 1. The number of hydrogen-bond acceptors (Lipinski definition) is 8. The third kappa shape index (κ3) is 5.43. The second kappa shape index (κ2) is 11.5. The van der Waals surface area contributed by atoms with Gasteiger partial charge in [-0.15, -0.1) is 5.10 Å². The molecule has 2 heterocycles. The predicted octanol–water partition coefficient (Wildman–Crippen LogP) is 6.14. The van der Waals surface area contributed by atoms with Crippen LogP contribution in [0.3, 0.4) is 0 Å². The molecular formula is C25H26Cl2N4O4S. The van der Waals surface area contributed by atoms with E-state index in [1.54, 1.807) is 41.8 Å². The Balaban J connectivity index is 1.70. The van der Waals surface area contributed by atoms with E-state index in [2.05, 4.69) is 22.3 Å². The van der Waals surface area contributed by atoms with Crippen molar-refractivity contribution < 1.29 is 19.0 Å². The highest BCUT2D eigenvalue weighted by Gasteiger charge is 2.35. The zero-order valence-electron chi connectivity index (χ0n) is 20.3. The Labute approximate surface area is 223 Å². The first-order chi connectivity index (χ1) is 17.4. The lowest BCUT2D eigenvalue weighted by Gasteiger charge is -2.28. The molecule has 1 aromatic heterocycles. The number of nitrogens with zero attached hydrogens (tertiary/aromatic N) is 3. The highest BCUT2D eigenvalue weighted by atomic mass is 35.5. The Morgan fingerprint density at radius 1 is 1.17 bits per heavy atom. The van der Waals surface area contributed by atoms with Gasteiger partial charge in [0.1, 0.15) is 12.6 Å². The number of nitrogens with one attached hydrogen (secondary N) is 1. The minimum atomic E-state index is -0.564. The molecule has 4 rings (SSSR count). The maximum atomic E-state index is 12.8. The second-order valence-corrected chi connectivity index (χ2v) is 9.91. The van der Waals surface area contributed by atoms with E-state index in [-0.39, 0.29) is 6.61 Å². The highest BCUT2D eigenvalue weighted by Crippen LogP contribution is 2.40. The van der Waals surface area contributed by atoms with Crippen molar-refractivity contribution in [1.29, 1.82) is 0 Å². The molecule has 1 aliphatic heterocycles. The summed E-state index contributed by atoms with van der Waals surface area (Å²) >= 11 is 13.8. The molecule has 190 valence electrons. The summed E-state index contributed by atoms with van der Waals surface area (Å²) in [5, 5.41) is 9.58. The second-order valence-electron chi connectivity index (χ2n) is 8.00. The average Bonchev–Trinajstić information content (AvgIpc) is 3.27. The van der Waals surface area contributed by atoms with Crippen LogP contribution < -0.4 is 14.8 Å². The lowest BCUT2D eigenvalue weighted by atomic mass is 9.95. The van der Waals surface area contributed by atoms with Gasteiger partial charge < -0.3 is 19.5 Å². The third-order valence-electron chi connectivity index (χ3n) is 5.58. The summed E-state index contributed by atoms with van der Waals surface area (Å²) < 4.78 is 18.5. The molecule has 1 N–H and O–H groups in total. The third-order valence-corrected chi connectivity index (χ3v) is 7.21. The van der Waals surface area contributed by atoms with Crippen molar-refractivity contribution in [2.75, 3.05) is 25.3 Å². The van der Waals surface area contributed by atoms with Gasteiger partial charge in [0.25, 0.3) is 0 Å². The summed E-state index contributed by atoms with van der Waals surface area (Å²) in [4.78, 5) is 17.4. The fraction of sp³-hybridized carbons (Fsp3) is 0.320. The van der Waals surface area contributed by atoms with Crippen LogP contribution in [0.4, 0.5) is 5.95 Å². The van der Waals surface area contributed by atoms with Crippen molar-refractivity contribution in [3.63, 3.8) is 0 Å². The van der Waals surface area contributed by atoms with Gasteiger partial charge in [-0.2, -0.15) is 4.98 Å². The molecule has 0 fully saturated rings. The molecule has 3 aromatic rings. The highest BCUT2D eigenvalue weighted by molar-refractivity contribution is 7.99. The van der Waals surface area contributed by atoms with Crippen LogP contribution in [0.5, 0.6) is 11.5 Å². The molecular weight excluding hydrogens is 523 g/mol. The maximum absolute atomic E-state index is 12.8. The summed E-state index contributed by atoms with van der Waals surface area (Å²) in [5.41, 5.74) is 2.64. The van der Waals surface area contributed by atoms with E-state index in [1.807, 2.05) is 25.1 Å². The van der Waals surface area contributed by atoms with Gasteiger partial charge in [-0.05, 0) is 43.2 Å². The van der Waals surface area contributed by atoms with Crippen LogP contribution in [-0.4, -0.2) is 40.7 Å². The number of fused-ring (bicyclic) bond motifs is 1. The van der Waals surface area contributed by atoms with Crippen molar-refractivity contribution in [1.82, 2.24) is 14.8 Å². The molecule has 2 aromatic carbocycles. The standard InChI is InChI=1S/C25H26Cl2N4O4S/c1-5-10-36-25-29-24-28-14(2)21(23(32)34-4)22(31(24)30-25)15-7-9-19(20(11-15)33-3)35-13-16-6-8-17(26)12-18(16)27/h6-9,11-12,22H,5,10,13H2,1-4H3,(H,28,29,30). The molecule has 0 saturated carbocycles. The Morgan fingerprint density at radius 3 is 2.67 bits per heavy atom. The maximum Gasteiger partial charge on any atom is 0.338 e. The van der Waals surface area contributed by atoms with Crippen molar-refractivity contribution in [2.45, 2.75) is 38.1 Å². The largest absolute Gasteiger partial charge is 0.493 e. The first-order valence-electron chi connectivity index (χ1n) is 11.3. The smallest absolute Gasteiger partial charge is 0.338 e. The van der Waals surface area contributed by atoms with Crippen LogP contribution in [0, 0.1) is 0 Å². The van der Waals surface area contributed by atoms with Gasteiger partial charge in [0.2, 0.25) is 11.1 Å². The Hall–Kier alpha value is -2.88. The van der Waals surface area contributed by atoms with Crippen molar-refractivity contribution >= 4 is 46.9 Å². The van der Waals surface area contributed by atoms with Gasteiger partial charge in [0, 0.05) is 27.1 Å². The van der Waals surface area contributed by atoms with E-state index in [4.69, 9.17) is 37.4 Å². The fourth-order valence-corrected chi connectivity index (χ4v) is 4.98. The molecule has 0 aliphatic carbocycles. The monoisotopic (exact) mass is 548 g/mol. The summed E-state index contributed by atoms with van der Waals surface area (Å²) in [6.07, 6.45) is 0.996. The molecule has 11 heteroatoms. The number of benzene rings is 2. The van der Waals surface area contributed by atoms with E-state index in [0.29, 0.717) is 43.9 Å². The van der Waals surface area contributed by atoms with Crippen LogP contribution in [0.25, 0.3) is 0 Å². The number of carbonyl (C=O) groups is 1. The number of aromatic nitrogens is 3. The normalized spacial score (nSPS) is 14.8. The van der Waals surface area contributed by atoms with Gasteiger partial charge in [0.15, 0.2) is 11.5 Å². The van der Waals surface area contributed by atoms with E-state index >= 15 is 0 Å². The molecule has 36 heavy (non-hydrogen) atoms. The summed E-state index contributed by atoms with van der Waals surface area (Å²) in [6.45, 7) is 4.15. The number of methoxy groups -OCH3 is 2. The fourth-order valence-electron chi connectivity index (χ4n) is 3.84. The van der Waals surface area contributed by atoms with Crippen LogP contribution in [0.1, 0.15) is 37.4 Å². The van der Waals surface area contributed by atoms with Gasteiger partial charge in [0.05, 0.1) is 19.8 Å². The summed E-state index contributed by atoms with van der Waals surface area (Å²) in [6, 6.07) is 10.2. The number of esters is 1.